The van der Waals surface area contributed by atoms with Crippen LogP contribution in [-0.4, -0.2) is 10.9 Å². The second kappa shape index (κ2) is 5.64. The number of halogens is 2. The zero-order chi connectivity index (χ0) is 14.7. The van der Waals surface area contributed by atoms with Gasteiger partial charge in [-0.2, -0.15) is 0 Å². The van der Waals surface area contributed by atoms with Gasteiger partial charge in [0.25, 0.3) is 5.91 Å². The van der Waals surface area contributed by atoms with Crippen LogP contribution in [0.3, 0.4) is 0 Å². The van der Waals surface area contributed by atoms with Gasteiger partial charge >= 0.3 is 0 Å². The highest BCUT2D eigenvalue weighted by Crippen LogP contribution is 2.11. The van der Waals surface area contributed by atoms with Crippen molar-refractivity contribution in [2.45, 2.75) is 13.5 Å². The van der Waals surface area contributed by atoms with E-state index in [4.69, 9.17) is 5.73 Å². The molecule has 1 heterocycles. The van der Waals surface area contributed by atoms with Gasteiger partial charge in [-0.1, -0.05) is 0 Å². The van der Waals surface area contributed by atoms with Gasteiger partial charge in [0.2, 0.25) is 0 Å². The van der Waals surface area contributed by atoms with E-state index in [1.807, 2.05) is 0 Å². The average molecular weight is 277 g/mol. The molecular weight excluding hydrogens is 264 g/mol. The van der Waals surface area contributed by atoms with Crippen molar-refractivity contribution in [2.24, 2.45) is 0 Å². The Morgan fingerprint density at radius 2 is 2.05 bits per heavy atom. The van der Waals surface area contributed by atoms with Crippen LogP contribution in [0.4, 0.5) is 14.6 Å². The van der Waals surface area contributed by atoms with E-state index in [0.29, 0.717) is 11.3 Å². The largest absolute Gasteiger partial charge is 0.384 e. The van der Waals surface area contributed by atoms with Crippen LogP contribution in [-0.2, 0) is 6.54 Å². The summed E-state index contributed by atoms with van der Waals surface area (Å²) in [7, 11) is 0. The fraction of sp³-hybridized carbons (Fsp3) is 0.143. The minimum absolute atomic E-state index is 0.0806. The Labute approximate surface area is 114 Å². The molecule has 0 unspecified atom stereocenters. The molecule has 0 radical (unpaired) electrons. The predicted octanol–water partition coefficient (Wildman–Crippen LogP) is 2.18. The number of nitrogen functional groups attached to an aromatic ring is 1. The maximum Gasteiger partial charge on any atom is 0.251 e. The molecule has 4 nitrogen and oxygen atoms in total. The molecule has 3 N–H and O–H groups in total. The van der Waals surface area contributed by atoms with Crippen molar-refractivity contribution in [1.82, 2.24) is 10.3 Å². The molecule has 0 aliphatic rings. The maximum atomic E-state index is 13.4. The molecule has 1 aromatic heterocycles. The third-order valence-electron chi connectivity index (χ3n) is 2.68. The molecule has 0 aliphatic carbocycles. The third kappa shape index (κ3) is 3.28. The summed E-state index contributed by atoms with van der Waals surface area (Å²) in [5.74, 6) is -1.32. The number of anilines is 1. The van der Waals surface area contributed by atoms with Crippen molar-refractivity contribution >= 4 is 11.7 Å². The van der Waals surface area contributed by atoms with Crippen molar-refractivity contribution in [1.29, 1.82) is 0 Å². The van der Waals surface area contributed by atoms with Gasteiger partial charge in [0.05, 0.1) is 0 Å². The van der Waals surface area contributed by atoms with Crippen LogP contribution in [0.25, 0.3) is 0 Å². The first-order chi connectivity index (χ1) is 9.45. The molecule has 0 bridgehead atoms. The number of pyridine rings is 1. The number of aryl methyl sites for hydroxylation is 1. The zero-order valence-corrected chi connectivity index (χ0v) is 10.8. The van der Waals surface area contributed by atoms with Gasteiger partial charge in [-0.15, -0.1) is 0 Å². The molecule has 104 valence electrons. The average Bonchev–Trinajstić information content (AvgIpc) is 2.38. The van der Waals surface area contributed by atoms with Gasteiger partial charge < -0.3 is 11.1 Å². The van der Waals surface area contributed by atoms with Gasteiger partial charge in [0, 0.05) is 23.4 Å². The van der Waals surface area contributed by atoms with Gasteiger partial charge in [-0.05, 0) is 37.3 Å². The standard InChI is InChI=1S/C14H13F2N3O/c1-8-4-9(6-13(17)19-8)14(20)18-7-10-5-11(15)2-3-12(10)16/h2-6H,7H2,1H3,(H2,17,19)(H,18,20). The van der Waals surface area contributed by atoms with Crippen LogP contribution in [0.5, 0.6) is 0 Å². The minimum atomic E-state index is -0.572. The van der Waals surface area contributed by atoms with E-state index >= 15 is 0 Å². The Bertz CT molecular complexity index is 639. The van der Waals surface area contributed by atoms with Crippen LogP contribution in [0.15, 0.2) is 30.3 Å². The Kier molecular flexibility index (Phi) is 3.93. The first kappa shape index (κ1) is 13.9. The smallest absolute Gasteiger partial charge is 0.251 e. The molecule has 0 aliphatic heterocycles. The van der Waals surface area contributed by atoms with E-state index in [-0.39, 0.29) is 17.9 Å². The molecular formula is C14H13F2N3O. The first-order valence-corrected chi connectivity index (χ1v) is 5.92. The molecule has 2 aromatic rings. The minimum Gasteiger partial charge on any atom is -0.384 e. The Balaban J connectivity index is 2.10. The summed E-state index contributed by atoms with van der Waals surface area (Å²) in [6.07, 6.45) is 0. The first-order valence-electron chi connectivity index (χ1n) is 5.92. The summed E-state index contributed by atoms with van der Waals surface area (Å²) in [4.78, 5) is 15.9. The second-order valence-corrected chi connectivity index (χ2v) is 4.34. The van der Waals surface area contributed by atoms with Crippen LogP contribution in [0.1, 0.15) is 21.6 Å². The Morgan fingerprint density at radius 3 is 2.75 bits per heavy atom. The number of amides is 1. The van der Waals surface area contributed by atoms with Gasteiger partial charge in [-0.3, -0.25) is 4.79 Å². The van der Waals surface area contributed by atoms with Crippen molar-refractivity contribution in [2.75, 3.05) is 5.73 Å². The number of rotatable bonds is 3. The van der Waals surface area contributed by atoms with Gasteiger partial charge in [0.15, 0.2) is 0 Å². The molecule has 0 fully saturated rings. The molecule has 0 saturated heterocycles. The number of benzene rings is 1. The van der Waals surface area contributed by atoms with Crippen LogP contribution in [0.2, 0.25) is 0 Å². The topological polar surface area (TPSA) is 68.0 Å². The zero-order valence-electron chi connectivity index (χ0n) is 10.8. The molecule has 6 heteroatoms. The number of nitrogens with two attached hydrogens (primary N) is 1. The van der Waals surface area contributed by atoms with Crippen LogP contribution >= 0.6 is 0 Å². The normalized spacial score (nSPS) is 10.3. The Hall–Kier alpha value is -2.50. The summed E-state index contributed by atoms with van der Waals surface area (Å²) < 4.78 is 26.4. The molecule has 2 rings (SSSR count). The summed E-state index contributed by atoms with van der Waals surface area (Å²) >= 11 is 0. The van der Waals surface area contributed by atoms with Crippen molar-refractivity contribution < 1.29 is 13.6 Å². The predicted molar refractivity (Wildman–Crippen MR) is 70.9 cm³/mol. The summed E-state index contributed by atoms with van der Waals surface area (Å²) in [6.45, 7) is 1.60. The number of carbonyl (C=O) groups is 1. The number of nitrogens with zero attached hydrogens (tertiary/aromatic N) is 1. The summed E-state index contributed by atoms with van der Waals surface area (Å²) in [6, 6.07) is 6.07. The molecule has 0 atom stereocenters. The van der Waals surface area contributed by atoms with Crippen LogP contribution < -0.4 is 11.1 Å². The number of aromatic nitrogens is 1. The maximum absolute atomic E-state index is 13.4. The molecule has 20 heavy (non-hydrogen) atoms. The highest BCUT2D eigenvalue weighted by atomic mass is 19.1. The second-order valence-electron chi connectivity index (χ2n) is 4.34. The number of nitrogens with one attached hydrogen (secondary N) is 1. The number of hydrogen-bond acceptors (Lipinski definition) is 3. The van der Waals surface area contributed by atoms with Gasteiger partial charge in [0.1, 0.15) is 17.5 Å². The summed E-state index contributed by atoms with van der Waals surface area (Å²) in [5, 5.41) is 2.51. The molecule has 1 aromatic carbocycles. The number of hydrogen-bond donors (Lipinski definition) is 2. The van der Waals surface area contributed by atoms with E-state index in [0.717, 1.165) is 18.2 Å². The lowest BCUT2D eigenvalue weighted by Gasteiger charge is -2.07. The molecule has 1 amide bonds. The fourth-order valence-corrected chi connectivity index (χ4v) is 1.78. The SMILES string of the molecule is Cc1cc(C(=O)NCc2cc(F)ccc2F)cc(N)n1. The molecule has 0 saturated carbocycles. The van der Waals surface area contributed by atoms with Crippen molar-refractivity contribution in [3.63, 3.8) is 0 Å². The van der Waals surface area contributed by atoms with Crippen molar-refractivity contribution in [3.8, 4) is 0 Å². The van der Waals surface area contributed by atoms with Crippen molar-refractivity contribution in [3.05, 3.63) is 58.8 Å². The lowest BCUT2D eigenvalue weighted by molar-refractivity contribution is 0.0950. The van der Waals surface area contributed by atoms with E-state index in [1.165, 1.54) is 6.07 Å². The number of carbonyl (C=O) groups excluding carboxylic acids is 1. The fourth-order valence-electron chi connectivity index (χ4n) is 1.78. The highest BCUT2D eigenvalue weighted by Gasteiger charge is 2.09. The Morgan fingerprint density at radius 1 is 1.30 bits per heavy atom. The van der Waals surface area contributed by atoms with Gasteiger partial charge in [-0.25, -0.2) is 13.8 Å². The monoisotopic (exact) mass is 277 g/mol. The summed E-state index contributed by atoms with van der Waals surface area (Å²) in [5.41, 5.74) is 6.56. The molecule has 0 spiro atoms. The lowest BCUT2D eigenvalue weighted by Crippen LogP contribution is -2.23. The van der Waals surface area contributed by atoms with E-state index < -0.39 is 17.5 Å². The van der Waals surface area contributed by atoms with E-state index in [9.17, 15) is 13.6 Å². The lowest BCUT2D eigenvalue weighted by atomic mass is 10.2. The quantitative estimate of drug-likeness (QED) is 0.903. The van der Waals surface area contributed by atoms with E-state index in [1.54, 1.807) is 13.0 Å². The van der Waals surface area contributed by atoms with Crippen LogP contribution in [0, 0.1) is 18.6 Å². The van der Waals surface area contributed by atoms with E-state index in [2.05, 4.69) is 10.3 Å². The highest BCUT2D eigenvalue weighted by molar-refractivity contribution is 5.94. The third-order valence-corrected chi connectivity index (χ3v) is 2.68.